The third kappa shape index (κ3) is 5.39. The molecule has 0 saturated carbocycles. The summed E-state index contributed by atoms with van der Waals surface area (Å²) in [7, 11) is 0. The van der Waals surface area contributed by atoms with E-state index in [2.05, 4.69) is 17.6 Å². The maximum Gasteiger partial charge on any atom is 0.311 e. The molecule has 0 saturated heterocycles. The van der Waals surface area contributed by atoms with Gasteiger partial charge in [0.2, 0.25) is 0 Å². The number of rotatable bonds is 9. The molecule has 1 aromatic rings. The van der Waals surface area contributed by atoms with Crippen LogP contribution in [-0.4, -0.2) is 37.1 Å². The van der Waals surface area contributed by atoms with Crippen LogP contribution in [0, 0.1) is 10.1 Å². The molecule has 7 nitrogen and oxygen atoms in total. The summed E-state index contributed by atoms with van der Waals surface area (Å²) in [5.41, 5.74) is 0.0502. The maximum atomic E-state index is 11.9. The van der Waals surface area contributed by atoms with Crippen LogP contribution in [0.15, 0.2) is 18.2 Å². The SMILES string of the molecule is CCCNCCNC(=O)c1ccc(OCC)c([N+](=O)[O-])c1. The van der Waals surface area contributed by atoms with Crippen LogP contribution in [0.3, 0.4) is 0 Å². The van der Waals surface area contributed by atoms with Gasteiger partial charge in [0.1, 0.15) is 0 Å². The number of nitrogens with zero attached hydrogens (tertiary/aromatic N) is 1. The Morgan fingerprint density at radius 3 is 2.67 bits per heavy atom. The molecule has 0 spiro atoms. The third-order valence-electron chi connectivity index (χ3n) is 2.73. The van der Waals surface area contributed by atoms with E-state index in [0.717, 1.165) is 13.0 Å². The van der Waals surface area contributed by atoms with Gasteiger partial charge in [0.05, 0.1) is 11.5 Å². The lowest BCUT2D eigenvalue weighted by atomic mass is 10.1. The normalized spacial score (nSPS) is 10.2. The first kappa shape index (κ1) is 16.9. The van der Waals surface area contributed by atoms with Gasteiger partial charge in [0.15, 0.2) is 5.75 Å². The highest BCUT2D eigenvalue weighted by molar-refractivity contribution is 5.95. The zero-order valence-corrected chi connectivity index (χ0v) is 12.3. The molecule has 1 amide bonds. The molecular weight excluding hydrogens is 274 g/mol. The number of benzene rings is 1. The first-order chi connectivity index (χ1) is 10.1. The number of carbonyl (C=O) groups is 1. The number of nitro groups is 1. The van der Waals surface area contributed by atoms with Crippen molar-refractivity contribution in [3.8, 4) is 5.75 Å². The van der Waals surface area contributed by atoms with Crippen molar-refractivity contribution >= 4 is 11.6 Å². The van der Waals surface area contributed by atoms with E-state index in [1.165, 1.54) is 18.2 Å². The maximum absolute atomic E-state index is 11.9. The van der Waals surface area contributed by atoms with Crippen LogP contribution >= 0.6 is 0 Å². The van der Waals surface area contributed by atoms with Crippen molar-refractivity contribution in [2.75, 3.05) is 26.2 Å². The van der Waals surface area contributed by atoms with Gasteiger partial charge < -0.3 is 15.4 Å². The third-order valence-corrected chi connectivity index (χ3v) is 2.73. The predicted molar refractivity (Wildman–Crippen MR) is 79.8 cm³/mol. The Labute approximate surface area is 123 Å². The fraction of sp³-hybridized carbons (Fsp3) is 0.500. The molecule has 0 aliphatic rings. The Morgan fingerprint density at radius 2 is 2.05 bits per heavy atom. The fourth-order valence-electron chi connectivity index (χ4n) is 1.75. The summed E-state index contributed by atoms with van der Waals surface area (Å²) in [5.74, 6) is -0.164. The summed E-state index contributed by atoms with van der Waals surface area (Å²) in [6.45, 7) is 6.16. The molecule has 116 valence electrons. The molecule has 0 fully saturated rings. The van der Waals surface area contributed by atoms with Crippen molar-refractivity contribution < 1.29 is 14.5 Å². The average molecular weight is 295 g/mol. The zero-order chi connectivity index (χ0) is 15.7. The van der Waals surface area contributed by atoms with Crippen molar-refractivity contribution in [1.82, 2.24) is 10.6 Å². The molecule has 0 radical (unpaired) electrons. The standard InChI is InChI=1S/C14H21N3O4/c1-3-7-15-8-9-16-14(18)11-5-6-13(21-4-2)12(10-11)17(19)20/h5-6,10,15H,3-4,7-9H2,1-2H3,(H,16,18). The summed E-state index contributed by atoms with van der Waals surface area (Å²) in [6.07, 6.45) is 1.03. The molecular formula is C14H21N3O4. The van der Waals surface area contributed by atoms with Crippen LogP contribution in [0.25, 0.3) is 0 Å². The van der Waals surface area contributed by atoms with E-state index in [-0.39, 0.29) is 22.9 Å². The first-order valence-corrected chi connectivity index (χ1v) is 7.00. The van der Waals surface area contributed by atoms with Crippen LogP contribution in [0.1, 0.15) is 30.6 Å². The minimum atomic E-state index is -0.551. The number of nitro benzene ring substituents is 1. The van der Waals surface area contributed by atoms with E-state index in [1.54, 1.807) is 6.92 Å². The minimum Gasteiger partial charge on any atom is -0.487 e. The summed E-state index contributed by atoms with van der Waals surface area (Å²) in [5, 5.41) is 16.9. The van der Waals surface area contributed by atoms with Crippen molar-refractivity contribution in [2.24, 2.45) is 0 Å². The van der Waals surface area contributed by atoms with Gasteiger partial charge in [-0.1, -0.05) is 6.92 Å². The smallest absolute Gasteiger partial charge is 0.311 e. The summed E-state index contributed by atoms with van der Waals surface area (Å²) >= 11 is 0. The second-order valence-corrected chi connectivity index (χ2v) is 4.38. The van der Waals surface area contributed by atoms with Crippen molar-refractivity contribution in [1.29, 1.82) is 0 Å². The van der Waals surface area contributed by atoms with Gasteiger partial charge in [-0.25, -0.2) is 0 Å². The van der Waals surface area contributed by atoms with Crippen LogP contribution in [-0.2, 0) is 0 Å². The van der Waals surface area contributed by atoms with E-state index < -0.39 is 4.92 Å². The molecule has 0 aromatic heterocycles. The molecule has 2 N–H and O–H groups in total. The van der Waals surface area contributed by atoms with Crippen LogP contribution in [0.4, 0.5) is 5.69 Å². The Hall–Kier alpha value is -2.15. The molecule has 0 unspecified atom stereocenters. The van der Waals surface area contributed by atoms with Crippen LogP contribution in [0.2, 0.25) is 0 Å². The number of hydrogen-bond acceptors (Lipinski definition) is 5. The predicted octanol–water partition coefficient (Wildman–Crippen LogP) is 1.72. The Bertz CT molecular complexity index is 491. The van der Waals surface area contributed by atoms with Crippen LogP contribution in [0.5, 0.6) is 5.75 Å². The lowest BCUT2D eigenvalue weighted by Gasteiger charge is -2.08. The second kappa shape index (κ2) is 8.91. The topological polar surface area (TPSA) is 93.5 Å². The molecule has 0 aliphatic carbocycles. The number of ether oxygens (including phenoxy) is 1. The fourth-order valence-corrected chi connectivity index (χ4v) is 1.75. The van der Waals surface area contributed by atoms with E-state index in [4.69, 9.17) is 4.74 Å². The molecule has 0 heterocycles. The van der Waals surface area contributed by atoms with Crippen LogP contribution < -0.4 is 15.4 Å². The summed E-state index contributed by atoms with van der Waals surface area (Å²) < 4.78 is 5.18. The lowest BCUT2D eigenvalue weighted by Crippen LogP contribution is -2.32. The largest absolute Gasteiger partial charge is 0.487 e. The van der Waals surface area contributed by atoms with E-state index in [9.17, 15) is 14.9 Å². The van der Waals surface area contributed by atoms with Gasteiger partial charge in [-0.15, -0.1) is 0 Å². The van der Waals surface area contributed by atoms with Crippen molar-refractivity contribution in [2.45, 2.75) is 20.3 Å². The Morgan fingerprint density at radius 1 is 1.29 bits per heavy atom. The second-order valence-electron chi connectivity index (χ2n) is 4.38. The molecule has 7 heteroatoms. The monoisotopic (exact) mass is 295 g/mol. The van der Waals surface area contributed by atoms with Crippen molar-refractivity contribution in [3.63, 3.8) is 0 Å². The highest BCUT2D eigenvalue weighted by Crippen LogP contribution is 2.27. The van der Waals surface area contributed by atoms with E-state index in [0.29, 0.717) is 19.7 Å². The summed E-state index contributed by atoms with van der Waals surface area (Å²) in [4.78, 5) is 22.4. The molecule has 0 atom stereocenters. The molecule has 1 aromatic carbocycles. The van der Waals surface area contributed by atoms with Gasteiger partial charge >= 0.3 is 5.69 Å². The average Bonchev–Trinajstić information content (AvgIpc) is 2.47. The number of amides is 1. The number of nitrogens with one attached hydrogen (secondary N) is 2. The summed E-state index contributed by atoms with van der Waals surface area (Å²) in [6, 6.07) is 4.21. The van der Waals surface area contributed by atoms with Gasteiger partial charge in [-0.05, 0) is 32.0 Å². The van der Waals surface area contributed by atoms with Gasteiger partial charge in [-0.3, -0.25) is 14.9 Å². The molecule has 0 bridgehead atoms. The molecule has 1 rings (SSSR count). The van der Waals surface area contributed by atoms with E-state index in [1.807, 2.05) is 0 Å². The number of carbonyl (C=O) groups excluding carboxylic acids is 1. The van der Waals surface area contributed by atoms with Gasteiger partial charge in [0.25, 0.3) is 5.91 Å². The van der Waals surface area contributed by atoms with Crippen molar-refractivity contribution in [3.05, 3.63) is 33.9 Å². The highest BCUT2D eigenvalue weighted by Gasteiger charge is 2.18. The molecule has 21 heavy (non-hydrogen) atoms. The minimum absolute atomic E-state index is 0.170. The zero-order valence-electron chi connectivity index (χ0n) is 12.3. The molecule has 0 aliphatic heterocycles. The Balaban J connectivity index is 2.67. The van der Waals surface area contributed by atoms with Gasteiger partial charge in [-0.2, -0.15) is 0 Å². The first-order valence-electron chi connectivity index (χ1n) is 7.00. The number of hydrogen-bond donors (Lipinski definition) is 2. The highest BCUT2D eigenvalue weighted by atomic mass is 16.6. The van der Waals surface area contributed by atoms with Gasteiger partial charge in [0, 0.05) is 24.7 Å². The quantitative estimate of drug-likeness (QED) is 0.411. The Kier molecular flexibility index (Phi) is 7.17. The van der Waals surface area contributed by atoms with E-state index >= 15 is 0 Å². The lowest BCUT2D eigenvalue weighted by molar-refractivity contribution is -0.385.